The first-order chi connectivity index (χ1) is 8.09. The maximum absolute atomic E-state index is 2.52. The van der Waals surface area contributed by atoms with Gasteiger partial charge >= 0.3 is 0 Å². The van der Waals surface area contributed by atoms with Crippen molar-refractivity contribution < 1.29 is 0 Å². The summed E-state index contributed by atoms with van der Waals surface area (Å²) in [6.07, 6.45) is 3.83. The van der Waals surface area contributed by atoms with Crippen LogP contribution in [0.5, 0.6) is 0 Å². The average Bonchev–Trinajstić information content (AvgIpc) is 2.30. The predicted octanol–water partition coefficient (Wildman–Crippen LogP) is 4.99. The minimum Gasteiger partial charge on any atom is -0.0714 e. The van der Waals surface area contributed by atoms with Gasteiger partial charge in [-0.15, -0.1) is 0 Å². The van der Waals surface area contributed by atoms with Gasteiger partial charge in [0, 0.05) is 0 Å². The highest BCUT2D eigenvalue weighted by Gasteiger charge is 2.13. The van der Waals surface area contributed by atoms with Crippen LogP contribution in [0.4, 0.5) is 0 Å². The smallest absolute Gasteiger partial charge is 0.0714 e. The molecular weight excluding hydrogens is 203 g/mol. The van der Waals surface area contributed by atoms with E-state index in [-0.39, 0.29) is 0 Å². The van der Waals surface area contributed by atoms with E-state index in [9.17, 15) is 0 Å². The fraction of sp³-hybridized carbons (Fsp3) is 0.625. The van der Waals surface area contributed by atoms with E-state index in [0.29, 0.717) is 0 Å². The fourth-order valence-corrected chi connectivity index (χ4v) is 2.11. The van der Waals surface area contributed by atoms with Gasteiger partial charge in [-0.2, -0.15) is 0 Å². The molecule has 0 aliphatic rings. The molecule has 2 atom stereocenters. The Labute approximate surface area is 108 Å². The summed E-state index contributed by atoms with van der Waals surface area (Å²) in [4.78, 5) is 0. The van der Waals surface area contributed by atoms with E-state index in [1.165, 1.54) is 24.8 Å². The Balaban J connectivity index is 2.18. The van der Waals surface area contributed by atoms with Gasteiger partial charge in [-0.3, -0.25) is 0 Å². The van der Waals surface area contributed by atoms with Crippen molar-refractivity contribution in [1.82, 2.24) is 0 Å². The van der Waals surface area contributed by atoms with Gasteiger partial charge in [0.05, 0.1) is 0 Å². The molecule has 0 saturated carbocycles. The van der Waals surface area contributed by atoms with Crippen molar-refractivity contribution in [2.45, 2.75) is 58.6 Å². The summed E-state index contributed by atoms with van der Waals surface area (Å²) in [7, 11) is 2.52. The van der Waals surface area contributed by atoms with E-state index in [4.69, 9.17) is 0 Å². The van der Waals surface area contributed by atoms with Gasteiger partial charge in [-0.1, -0.05) is 82.0 Å². The maximum Gasteiger partial charge on any atom is 0.117 e. The number of hydrogen-bond donors (Lipinski definition) is 0. The third kappa shape index (κ3) is 5.95. The van der Waals surface area contributed by atoms with Crippen molar-refractivity contribution in [1.29, 1.82) is 0 Å². The van der Waals surface area contributed by atoms with E-state index in [2.05, 4.69) is 65.3 Å². The zero-order valence-corrected chi connectivity index (χ0v) is 11.8. The van der Waals surface area contributed by atoms with Crippen molar-refractivity contribution in [3.05, 3.63) is 35.9 Å². The van der Waals surface area contributed by atoms with Crippen LogP contribution in [0.1, 0.15) is 46.1 Å². The molecule has 17 heavy (non-hydrogen) atoms. The van der Waals surface area contributed by atoms with Gasteiger partial charge in [0.1, 0.15) is 7.28 Å². The van der Waals surface area contributed by atoms with E-state index < -0.39 is 0 Å². The zero-order valence-electron chi connectivity index (χ0n) is 11.8. The summed E-state index contributed by atoms with van der Waals surface area (Å²) in [5.74, 6) is 2.25. The molecule has 1 aromatic rings. The Kier molecular flexibility index (Phi) is 6.40. The molecule has 0 aliphatic carbocycles. The third-order valence-corrected chi connectivity index (χ3v) is 3.65. The Morgan fingerprint density at radius 3 is 2.24 bits per heavy atom. The molecule has 0 spiro atoms. The van der Waals surface area contributed by atoms with Gasteiger partial charge < -0.3 is 0 Å². The summed E-state index contributed by atoms with van der Waals surface area (Å²) < 4.78 is 0. The molecule has 0 saturated heterocycles. The molecule has 0 nitrogen and oxygen atoms in total. The first-order valence-corrected chi connectivity index (χ1v) is 6.98. The number of benzene rings is 1. The zero-order chi connectivity index (χ0) is 12.7. The minimum atomic E-state index is 0.738. The largest absolute Gasteiger partial charge is 0.117 e. The van der Waals surface area contributed by atoms with E-state index in [1.54, 1.807) is 0 Å². The quantitative estimate of drug-likeness (QED) is 0.578. The van der Waals surface area contributed by atoms with E-state index in [0.717, 1.165) is 17.6 Å². The highest BCUT2D eigenvalue weighted by atomic mass is 14.0. The molecule has 0 N–H and O–H groups in total. The first-order valence-electron chi connectivity index (χ1n) is 6.98. The Morgan fingerprint density at radius 1 is 1.00 bits per heavy atom. The Bertz CT molecular complexity index is 292. The van der Waals surface area contributed by atoms with Crippen LogP contribution in [0.3, 0.4) is 0 Å². The highest BCUT2D eigenvalue weighted by Crippen LogP contribution is 2.23. The second-order valence-electron chi connectivity index (χ2n) is 5.65. The summed E-state index contributed by atoms with van der Waals surface area (Å²) in [6.45, 7) is 9.29. The molecule has 2 unspecified atom stereocenters. The molecule has 1 heteroatoms. The molecule has 0 bridgehead atoms. The molecule has 0 heterocycles. The van der Waals surface area contributed by atoms with Crippen molar-refractivity contribution in [3.63, 3.8) is 0 Å². The third-order valence-electron chi connectivity index (χ3n) is 3.65. The lowest BCUT2D eigenvalue weighted by molar-refractivity contribution is 0.604. The average molecular weight is 229 g/mol. The Morgan fingerprint density at radius 2 is 1.65 bits per heavy atom. The lowest BCUT2D eigenvalue weighted by Gasteiger charge is -2.18. The molecule has 93 valence electrons. The second kappa shape index (κ2) is 7.58. The Hall–Kier alpha value is -0.715. The summed E-state index contributed by atoms with van der Waals surface area (Å²) in [5.41, 5.74) is 1.47. The number of rotatable bonds is 7. The van der Waals surface area contributed by atoms with E-state index in [1.807, 2.05) is 0 Å². The summed E-state index contributed by atoms with van der Waals surface area (Å²) in [6, 6.07) is 10.8. The van der Waals surface area contributed by atoms with Crippen LogP contribution < -0.4 is 0 Å². The normalized spacial score (nSPS) is 14.6. The van der Waals surface area contributed by atoms with Crippen LogP contribution in [0.2, 0.25) is 11.6 Å². The minimum absolute atomic E-state index is 0.738. The topological polar surface area (TPSA) is 0 Å². The first kappa shape index (κ1) is 14.3. The van der Waals surface area contributed by atoms with Crippen LogP contribution in [0.15, 0.2) is 30.3 Å². The molecule has 1 rings (SSSR count). The number of aryl methyl sites for hydroxylation is 1. The lowest BCUT2D eigenvalue weighted by Crippen LogP contribution is -2.11. The SMILES string of the molecule is CC([B]C(C)C(C)C)CCCc1ccccc1. The van der Waals surface area contributed by atoms with Crippen LogP contribution in [0, 0.1) is 5.92 Å². The highest BCUT2D eigenvalue weighted by molar-refractivity contribution is 6.39. The maximum atomic E-state index is 2.52. The van der Waals surface area contributed by atoms with Crippen LogP contribution >= 0.6 is 0 Å². The molecule has 0 aromatic heterocycles. The van der Waals surface area contributed by atoms with Crippen molar-refractivity contribution in [2.24, 2.45) is 5.92 Å². The number of hydrogen-bond acceptors (Lipinski definition) is 0. The predicted molar refractivity (Wildman–Crippen MR) is 78.8 cm³/mol. The molecule has 1 aromatic carbocycles. The van der Waals surface area contributed by atoms with Crippen LogP contribution in [-0.2, 0) is 6.42 Å². The van der Waals surface area contributed by atoms with Gasteiger partial charge in [-0.05, 0) is 18.4 Å². The van der Waals surface area contributed by atoms with Gasteiger partial charge in [0.15, 0.2) is 0 Å². The lowest BCUT2D eigenvalue weighted by atomic mass is 9.52. The van der Waals surface area contributed by atoms with Crippen LogP contribution in [-0.4, -0.2) is 7.28 Å². The van der Waals surface area contributed by atoms with Crippen molar-refractivity contribution >= 4 is 7.28 Å². The molecular formula is C16H26B. The monoisotopic (exact) mass is 229 g/mol. The van der Waals surface area contributed by atoms with Crippen LogP contribution in [0.25, 0.3) is 0 Å². The molecule has 0 aliphatic heterocycles. The van der Waals surface area contributed by atoms with E-state index >= 15 is 0 Å². The standard InChI is InChI=1S/C16H26B/c1-13(2)15(4)17-14(3)9-8-12-16-10-6-5-7-11-16/h5-7,10-11,13-15H,8-9,12H2,1-4H3. The molecule has 1 radical (unpaired) electrons. The second-order valence-corrected chi connectivity index (χ2v) is 5.65. The van der Waals surface area contributed by atoms with Gasteiger partial charge in [0.2, 0.25) is 0 Å². The van der Waals surface area contributed by atoms with Gasteiger partial charge in [-0.25, -0.2) is 0 Å². The molecule has 0 amide bonds. The summed E-state index contributed by atoms with van der Waals surface area (Å²) in [5, 5.41) is 0. The van der Waals surface area contributed by atoms with Gasteiger partial charge in [0.25, 0.3) is 0 Å². The van der Waals surface area contributed by atoms with Crippen molar-refractivity contribution in [2.75, 3.05) is 0 Å². The molecule has 0 fully saturated rings. The fourth-order valence-electron chi connectivity index (χ4n) is 2.11. The summed E-state index contributed by atoms with van der Waals surface area (Å²) >= 11 is 0. The van der Waals surface area contributed by atoms with Crippen molar-refractivity contribution in [3.8, 4) is 0 Å².